The standard InChI is InChI=1S/C17H20N4O5/c1-23-10-15-18-19-16(26-15)17(22)21-6-4-20(5-7-21)9-12-2-3-13-14(8-12)25-11-24-13/h2-3,8H,4-7,9-11H2,1H3. The molecular weight excluding hydrogens is 340 g/mol. The van der Waals surface area contributed by atoms with Crippen molar-refractivity contribution in [3.63, 3.8) is 0 Å². The van der Waals surface area contributed by atoms with E-state index in [1.54, 1.807) is 4.90 Å². The first kappa shape index (κ1) is 16.8. The molecule has 9 nitrogen and oxygen atoms in total. The molecule has 0 unspecified atom stereocenters. The second-order valence-electron chi connectivity index (χ2n) is 6.19. The number of hydrogen-bond donors (Lipinski definition) is 0. The van der Waals surface area contributed by atoms with Crippen LogP contribution in [0.5, 0.6) is 11.5 Å². The maximum Gasteiger partial charge on any atom is 0.311 e. The lowest BCUT2D eigenvalue weighted by atomic mass is 10.1. The zero-order valence-electron chi connectivity index (χ0n) is 14.5. The molecule has 0 aliphatic carbocycles. The number of piperazine rings is 1. The summed E-state index contributed by atoms with van der Waals surface area (Å²) in [4.78, 5) is 16.5. The Labute approximate surface area is 150 Å². The monoisotopic (exact) mass is 360 g/mol. The summed E-state index contributed by atoms with van der Waals surface area (Å²) in [6.07, 6.45) is 0. The number of aromatic nitrogens is 2. The highest BCUT2D eigenvalue weighted by Gasteiger charge is 2.26. The smallest absolute Gasteiger partial charge is 0.311 e. The Morgan fingerprint density at radius 2 is 1.96 bits per heavy atom. The summed E-state index contributed by atoms with van der Waals surface area (Å²) in [5.74, 6) is 1.66. The van der Waals surface area contributed by atoms with Crippen LogP contribution in [0.4, 0.5) is 0 Å². The Morgan fingerprint density at radius 3 is 2.77 bits per heavy atom. The third kappa shape index (κ3) is 3.49. The summed E-state index contributed by atoms with van der Waals surface area (Å²) in [6, 6.07) is 5.99. The summed E-state index contributed by atoms with van der Waals surface area (Å²) in [5.41, 5.74) is 1.16. The molecule has 1 aromatic heterocycles. The third-order valence-electron chi connectivity index (χ3n) is 4.42. The lowest BCUT2D eigenvalue weighted by molar-refractivity contribution is 0.0583. The average Bonchev–Trinajstić information content (AvgIpc) is 3.31. The van der Waals surface area contributed by atoms with Gasteiger partial charge in [-0.05, 0) is 17.7 Å². The molecule has 3 heterocycles. The van der Waals surface area contributed by atoms with E-state index >= 15 is 0 Å². The molecule has 0 saturated carbocycles. The zero-order chi connectivity index (χ0) is 17.9. The highest BCUT2D eigenvalue weighted by molar-refractivity contribution is 5.89. The van der Waals surface area contributed by atoms with Gasteiger partial charge in [-0.2, -0.15) is 0 Å². The van der Waals surface area contributed by atoms with Crippen LogP contribution in [-0.4, -0.2) is 66.0 Å². The van der Waals surface area contributed by atoms with Crippen molar-refractivity contribution in [2.75, 3.05) is 40.1 Å². The number of nitrogens with zero attached hydrogens (tertiary/aromatic N) is 4. The first-order chi connectivity index (χ1) is 12.7. The van der Waals surface area contributed by atoms with Gasteiger partial charge in [0.1, 0.15) is 6.61 Å². The Balaban J connectivity index is 1.31. The van der Waals surface area contributed by atoms with Crippen LogP contribution in [0.15, 0.2) is 22.6 Å². The van der Waals surface area contributed by atoms with Crippen molar-refractivity contribution >= 4 is 5.91 Å². The lowest BCUT2D eigenvalue weighted by Gasteiger charge is -2.34. The minimum atomic E-state index is -0.234. The van der Waals surface area contributed by atoms with Crippen LogP contribution in [-0.2, 0) is 17.9 Å². The van der Waals surface area contributed by atoms with Gasteiger partial charge in [-0.25, -0.2) is 0 Å². The van der Waals surface area contributed by atoms with Gasteiger partial charge in [-0.15, -0.1) is 10.2 Å². The number of fused-ring (bicyclic) bond motifs is 1. The van der Waals surface area contributed by atoms with Crippen LogP contribution in [0.1, 0.15) is 22.1 Å². The number of methoxy groups -OCH3 is 1. The summed E-state index contributed by atoms with van der Waals surface area (Å²) < 4.78 is 21.0. The minimum absolute atomic E-state index is 0.0151. The number of carbonyl (C=O) groups excluding carboxylic acids is 1. The predicted octanol–water partition coefficient (Wildman–Crippen LogP) is 0.903. The van der Waals surface area contributed by atoms with Crippen molar-refractivity contribution in [2.45, 2.75) is 13.2 Å². The summed E-state index contributed by atoms with van der Waals surface area (Å²) in [6.45, 7) is 4.07. The van der Waals surface area contributed by atoms with Gasteiger partial charge in [0.25, 0.3) is 0 Å². The fourth-order valence-corrected chi connectivity index (χ4v) is 3.06. The van der Waals surface area contributed by atoms with E-state index < -0.39 is 0 Å². The molecule has 0 bridgehead atoms. The Hall–Kier alpha value is -2.65. The normalized spacial score (nSPS) is 16.9. The third-order valence-corrected chi connectivity index (χ3v) is 4.42. The molecule has 2 aliphatic heterocycles. The minimum Gasteiger partial charge on any atom is -0.454 e. The largest absolute Gasteiger partial charge is 0.454 e. The molecule has 2 aromatic rings. The molecule has 0 atom stereocenters. The van der Waals surface area contributed by atoms with E-state index in [1.807, 2.05) is 18.2 Å². The molecule has 4 rings (SSSR count). The average molecular weight is 360 g/mol. The van der Waals surface area contributed by atoms with Gasteiger partial charge in [0.05, 0.1) is 0 Å². The quantitative estimate of drug-likeness (QED) is 0.777. The molecule has 1 saturated heterocycles. The van der Waals surface area contributed by atoms with E-state index in [1.165, 1.54) is 7.11 Å². The van der Waals surface area contributed by atoms with Crippen LogP contribution in [0.25, 0.3) is 0 Å². The summed E-state index contributed by atoms with van der Waals surface area (Å²) in [5, 5.41) is 7.60. The van der Waals surface area contributed by atoms with E-state index in [2.05, 4.69) is 15.1 Å². The Morgan fingerprint density at radius 1 is 1.15 bits per heavy atom. The van der Waals surface area contributed by atoms with Crippen LogP contribution in [0.2, 0.25) is 0 Å². The number of carbonyl (C=O) groups is 1. The van der Waals surface area contributed by atoms with E-state index in [-0.39, 0.29) is 25.2 Å². The van der Waals surface area contributed by atoms with Gasteiger partial charge in [-0.1, -0.05) is 6.07 Å². The van der Waals surface area contributed by atoms with Crippen molar-refractivity contribution in [2.24, 2.45) is 0 Å². The van der Waals surface area contributed by atoms with Crippen molar-refractivity contribution < 1.29 is 23.4 Å². The topological polar surface area (TPSA) is 90.2 Å². The molecule has 0 radical (unpaired) electrons. The van der Waals surface area contributed by atoms with E-state index in [0.717, 1.165) is 36.7 Å². The molecular formula is C17H20N4O5. The Bertz CT molecular complexity index is 785. The second kappa shape index (κ2) is 7.30. The van der Waals surface area contributed by atoms with Gasteiger partial charge >= 0.3 is 11.8 Å². The van der Waals surface area contributed by atoms with Crippen molar-refractivity contribution in [3.05, 3.63) is 35.5 Å². The van der Waals surface area contributed by atoms with Gasteiger partial charge in [0.15, 0.2) is 11.5 Å². The maximum atomic E-state index is 12.5. The summed E-state index contributed by atoms with van der Waals surface area (Å²) in [7, 11) is 1.53. The molecule has 2 aliphatic rings. The number of hydrogen-bond acceptors (Lipinski definition) is 8. The molecule has 26 heavy (non-hydrogen) atoms. The van der Waals surface area contributed by atoms with Gasteiger partial charge < -0.3 is 23.5 Å². The fraction of sp³-hybridized carbons (Fsp3) is 0.471. The number of benzene rings is 1. The first-order valence-electron chi connectivity index (χ1n) is 8.44. The van der Waals surface area contributed by atoms with Gasteiger partial charge in [0.2, 0.25) is 12.7 Å². The molecule has 1 amide bonds. The predicted molar refractivity (Wildman–Crippen MR) is 88.8 cm³/mol. The van der Waals surface area contributed by atoms with Crippen LogP contribution >= 0.6 is 0 Å². The van der Waals surface area contributed by atoms with Crippen LogP contribution in [0, 0.1) is 0 Å². The summed E-state index contributed by atoms with van der Waals surface area (Å²) >= 11 is 0. The second-order valence-corrected chi connectivity index (χ2v) is 6.19. The number of ether oxygens (including phenoxy) is 3. The number of amides is 1. The molecule has 1 aromatic carbocycles. The van der Waals surface area contributed by atoms with Crippen LogP contribution < -0.4 is 9.47 Å². The molecule has 9 heteroatoms. The van der Waals surface area contributed by atoms with Crippen molar-refractivity contribution in [1.29, 1.82) is 0 Å². The van der Waals surface area contributed by atoms with E-state index in [4.69, 9.17) is 18.6 Å². The van der Waals surface area contributed by atoms with E-state index in [0.29, 0.717) is 19.0 Å². The number of rotatable bonds is 5. The Kier molecular flexibility index (Phi) is 4.72. The van der Waals surface area contributed by atoms with Crippen molar-refractivity contribution in [1.82, 2.24) is 20.0 Å². The first-order valence-corrected chi connectivity index (χ1v) is 8.44. The SMILES string of the molecule is COCc1nnc(C(=O)N2CCN(Cc3ccc4c(c3)OCO4)CC2)o1. The highest BCUT2D eigenvalue weighted by Crippen LogP contribution is 2.32. The molecule has 1 fully saturated rings. The molecule has 0 spiro atoms. The lowest BCUT2D eigenvalue weighted by Crippen LogP contribution is -2.48. The zero-order valence-corrected chi connectivity index (χ0v) is 14.5. The van der Waals surface area contributed by atoms with Gasteiger partial charge in [0, 0.05) is 39.8 Å². The van der Waals surface area contributed by atoms with Crippen LogP contribution in [0.3, 0.4) is 0 Å². The highest BCUT2D eigenvalue weighted by atomic mass is 16.7. The van der Waals surface area contributed by atoms with E-state index in [9.17, 15) is 4.79 Å². The van der Waals surface area contributed by atoms with Gasteiger partial charge in [-0.3, -0.25) is 9.69 Å². The fourth-order valence-electron chi connectivity index (χ4n) is 3.06. The molecule has 0 N–H and O–H groups in total. The van der Waals surface area contributed by atoms with Crippen molar-refractivity contribution in [3.8, 4) is 11.5 Å². The maximum absolute atomic E-state index is 12.5. The molecule has 138 valence electrons.